The van der Waals surface area contributed by atoms with E-state index >= 15 is 0 Å². The van der Waals surface area contributed by atoms with E-state index < -0.39 is 0 Å². The van der Waals surface area contributed by atoms with E-state index in [9.17, 15) is 5.11 Å². The predicted octanol–water partition coefficient (Wildman–Crippen LogP) is 4.08. The summed E-state index contributed by atoms with van der Waals surface area (Å²) in [6.07, 6.45) is 1.63. The van der Waals surface area contributed by atoms with Gasteiger partial charge >= 0.3 is 0 Å². The summed E-state index contributed by atoms with van der Waals surface area (Å²) in [5.41, 5.74) is 1.80. The van der Waals surface area contributed by atoms with E-state index in [4.69, 9.17) is 9.47 Å². The summed E-state index contributed by atoms with van der Waals surface area (Å²) in [6.45, 7) is 0.226. The third-order valence-corrected chi connectivity index (χ3v) is 3.35. The first-order chi connectivity index (χ1) is 10.8. The fourth-order valence-corrected chi connectivity index (χ4v) is 2.29. The maximum Gasteiger partial charge on any atom is 0.231 e. The van der Waals surface area contributed by atoms with Crippen LogP contribution in [0.5, 0.6) is 17.2 Å². The summed E-state index contributed by atoms with van der Waals surface area (Å²) < 4.78 is 10.6. The minimum atomic E-state index is 0.123. The standard InChI is InChI=1S/C16H11N3O3/c20-13-5-4-12(11-2-1-7-17-16(11)13)19-18-10-3-6-14-15(8-10)22-9-21-14/h1-8,20H,9H2. The Hall–Kier alpha value is -3.15. The summed E-state index contributed by atoms with van der Waals surface area (Å²) in [7, 11) is 0. The molecule has 0 saturated heterocycles. The third-order valence-electron chi connectivity index (χ3n) is 3.35. The maximum atomic E-state index is 9.82. The van der Waals surface area contributed by atoms with Gasteiger partial charge < -0.3 is 14.6 Å². The Kier molecular flexibility index (Phi) is 2.86. The number of nitrogens with zero attached hydrogens (tertiary/aromatic N) is 3. The highest BCUT2D eigenvalue weighted by molar-refractivity contribution is 5.93. The van der Waals surface area contributed by atoms with Gasteiger partial charge in [0.1, 0.15) is 11.3 Å². The molecule has 0 bridgehead atoms. The number of hydrogen-bond acceptors (Lipinski definition) is 6. The van der Waals surface area contributed by atoms with Crippen molar-refractivity contribution >= 4 is 22.3 Å². The number of azo groups is 1. The molecule has 2 aromatic carbocycles. The van der Waals surface area contributed by atoms with Crippen molar-refractivity contribution in [1.29, 1.82) is 0 Å². The minimum absolute atomic E-state index is 0.123. The Balaban J connectivity index is 1.73. The van der Waals surface area contributed by atoms with Gasteiger partial charge in [-0.15, -0.1) is 5.11 Å². The molecule has 1 N–H and O–H groups in total. The Bertz CT molecular complexity index is 893. The normalized spacial score (nSPS) is 13.1. The molecule has 6 heteroatoms. The molecular weight excluding hydrogens is 282 g/mol. The van der Waals surface area contributed by atoms with Crippen LogP contribution in [0.2, 0.25) is 0 Å². The van der Waals surface area contributed by atoms with E-state index in [1.807, 2.05) is 6.07 Å². The quantitative estimate of drug-likeness (QED) is 0.722. The summed E-state index contributed by atoms with van der Waals surface area (Å²) in [5, 5.41) is 19.0. The zero-order valence-electron chi connectivity index (χ0n) is 11.4. The first kappa shape index (κ1) is 12.6. The number of hydrogen-bond donors (Lipinski definition) is 1. The van der Waals surface area contributed by atoms with Crippen LogP contribution in [0.15, 0.2) is 58.9 Å². The van der Waals surface area contributed by atoms with Gasteiger partial charge in [-0.05, 0) is 36.4 Å². The molecule has 108 valence electrons. The van der Waals surface area contributed by atoms with Crippen LogP contribution in [0.1, 0.15) is 0 Å². The van der Waals surface area contributed by atoms with Crippen molar-refractivity contribution in [1.82, 2.24) is 4.98 Å². The molecule has 0 atom stereocenters. The molecule has 0 radical (unpaired) electrons. The van der Waals surface area contributed by atoms with Gasteiger partial charge in [-0.2, -0.15) is 5.11 Å². The van der Waals surface area contributed by atoms with E-state index in [1.54, 1.807) is 42.6 Å². The number of pyridine rings is 1. The van der Waals surface area contributed by atoms with Crippen LogP contribution in [-0.4, -0.2) is 16.9 Å². The van der Waals surface area contributed by atoms with Crippen molar-refractivity contribution in [3.8, 4) is 17.2 Å². The molecule has 1 aliphatic heterocycles. The number of fused-ring (bicyclic) bond motifs is 2. The average Bonchev–Trinajstić information content (AvgIpc) is 3.02. The zero-order chi connectivity index (χ0) is 14.9. The van der Waals surface area contributed by atoms with Crippen LogP contribution in [0.4, 0.5) is 11.4 Å². The van der Waals surface area contributed by atoms with Gasteiger partial charge in [-0.3, -0.25) is 4.98 Å². The van der Waals surface area contributed by atoms with Crippen molar-refractivity contribution < 1.29 is 14.6 Å². The Morgan fingerprint density at radius 2 is 1.91 bits per heavy atom. The minimum Gasteiger partial charge on any atom is -0.506 e. The first-order valence-electron chi connectivity index (χ1n) is 6.69. The largest absolute Gasteiger partial charge is 0.506 e. The molecule has 3 aromatic rings. The van der Waals surface area contributed by atoms with Gasteiger partial charge in [0, 0.05) is 17.6 Å². The van der Waals surface area contributed by atoms with Gasteiger partial charge in [-0.1, -0.05) is 0 Å². The van der Waals surface area contributed by atoms with Crippen LogP contribution in [0, 0.1) is 0 Å². The summed E-state index contributed by atoms with van der Waals surface area (Å²) in [6, 6.07) is 12.3. The van der Waals surface area contributed by atoms with Crippen LogP contribution >= 0.6 is 0 Å². The second-order valence-electron chi connectivity index (χ2n) is 4.74. The monoisotopic (exact) mass is 293 g/mol. The first-order valence-corrected chi connectivity index (χ1v) is 6.69. The van der Waals surface area contributed by atoms with E-state index in [0.29, 0.717) is 28.4 Å². The van der Waals surface area contributed by atoms with Crippen molar-refractivity contribution in [2.75, 3.05) is 6.79 Å². The fraction of sp³-hybridized carbons (Fsp3) is 0.0625. The molecule has 22 heavy (non-hydrogen) atoms. The van der Waals surface area contributed by atoms with Crippen molar-refractivity contribution in [2.24, 2.45) is 10.2 Å². The maximum absolute atomic E-state index is 9.82. The van der Waals surface area contributed by atoms with Crippen LogP contribution < -0.4 is 9.47 Å². The average molecular weight is 293 g/mol. The number of phenols is 1. The predicted molar refractivity (Wildman–Crippen MR) is 80.1 cm³/mol. The van der Waals surface area contributed by atoms with E-state index in [2.05, 4.69) is 15.2 Å². The molecule has 6 nitrogen and oxygen atoms in total. The Labute approximate surface area is 125 Å². The third kappa shape index (κ3) is 2.10. The zero-order valence-corrected chi connectivity index (χ0v) is 11.4. The second-order valence-corrected chi connectivity index (χ2v) is 4.74. The van der Waals surface area contributed by atoms with Gasteiger partial charge in [0.25, 0.3) is 0 Å². The molecule has 0 unspecified atom stereocenters. The molecule has 0 spiro atoms. The number of aromatic nitrogens is 1. The highest BCUT2D eigenvalue weighted by atomic mass is 16.7. The molecule has 0 amide bonds. The number of benzene rings is 2. The van der Waals surface area contributed by atoms with Crippen molar-refractivity contribution in [3.63, 3.8) is 0 Å². The van der Waals surface area contributed by atoms with Crippen molar-refractivity contribution in [2.45, 2.75) is 0 Å². The highest BCUT2D eigenvalue weighted by Gasteiger charge is 2.13. The fourth-order valence-electron chi connectivity index (χ4n) is 2.29. The van der Waals surface area contributed by atoms with Crippen LogP contribution in [-0.2, 0) is 0 Å². The molecule has 0 saturated carbocycles. The molecule has 2 heterocycles. The number of ether oxygens (including phenoxy) is 2. The SMILES string of the molecule is Oc1ccc(N=Nc2ccc3c(c2)OCO3)c2cccnc12. The Morgan fingerprint density at radius 1 is 1.00 bits per heavy atom. The highest BCUT2D eigenvalue weighted by Crippen LogP contribution is 2.36. The molecule has 1 aromatic heterocycles. The molecule has 0 fully saturated rings. The van der Waals surface area contributed by atoms with Crippen LogP contribution in [0.3, 0.4) is 0 Å². The molecule has 4 rings (SSSR count). The smallest absolute Gasteiger partial charge is 0.231 e. The molecule has 0 aliphatic carbocycles. The number of phenolic OH excluding ortho intramolecular Hbond substituents is 1. The van der Waals surface area contributed by atoms with Crippen molar-refractivity contribution in [3.05, 3.63) is 48.7 Å². The lowest BCUT2D eigenvalue weighted by Gasteiger charge is -2.02. The van der Waals surface area contributed by atoms with E-state index in [0.717, 1.165) is 5.39 Å². The second kappa shape index (κ2) is 5.00. The lowest BCUT2D eigenvalue weighted by molar-refractivity contribution is 0.174. The van der Waals surface area contributed by atoms with E-state index in [1.165, 1.54) is 0 Å². The molecular formula is C16H11N3O3. The summed E-state index contributed by atoms with van der Waals surface area (Å²) in [4.78, 5) is 4.16. The lowest BCUT2D eigenvalue weighted by atomic mass is 10.2. The lowest BCUT2D eigenvalue weighted by Crippen LogP contribution is -1.92. The number of rotatable bonds is 2. The number of aromatic hydroxyl groups is 1. The summed E-state index contributed by atoms with van der Waals surface area (Å²) in [5.74, 6) is 1.49. The van der Waals surface area contributed by atoms with Gasteiger partial charge in [0.2, 0.25) is 6.79 Å². The van der Waals surface area contributed by atoms with Gasteiger partial charge in [0.15, 0.2) is 11.5 Å². The molecule has 1 aliphatic rings. The van der Waals surface area contributed by atoms with E-state index in [-0.39, 0.29) is 12.5 Å². The van der Waals surface area contributed by atoms with Gasteiger partial charge in [-0.25, -0.2) is 0 Å². The van der Waals surface area contributed by atoms with Gasteiger partial charge in [0.05, 0.1) is 11.4 Å². The summed E-state index contributed by atoms with van der Waals surface area (Å²) >= 11 is 0. The van der Waals surface area contributed by atoms with Crippen LogP contribution in [0.25, 0.3) is 10.9 Å². The topological polar surface area (TPSA) is 76.3 Å². The Morgan fingerprint density at radius 3 is 2.86 bits per heavy atom.